The molecule has 2 fully saturated rings. The van der Waals surface area contributed by atoms with E-state index >= 15 is 0 Å². The maximum absolute atomic E-state index is 13.7. The quantitative estimate of drug-likeness (QED) is 0.788. The number of rotatable bonds is 2. The fourth-order valence-electron chi connectivity index (χ4n) is 3.96. The Morgan fingerprint density at radius 2 is 1.57 bits per heavy atom. The summed E-state index contributed by atoms with van der Waals surface area (Å²) in [7, 11) is 0. The van der Waals surface area contributed by atoms with Gasteiger partial charge in [0.25, 0.3) is 0 Å². The maximum atomic E-state index is 13.7. The summed E-state index contributed by atoms with van der Waals surface area (Å²) in [4.78, 5) is 0. The number of nitrogens with zero attached hydrogens (tertiary/aromatic N) is 1. The highest BCUT2D eigenvalue weighted by Crippen LogP contribution is 2.53. The van der Waals surface area contributed by atoms with Gasteiger partial charge in [-0.1, -0.05) is 51.1 Å². The van der Waals surface area contributed by atoms with Gasteiger partial charge in [0.2, 0.25) is 5.66 Å². The summed E-state index contributed by atoms with van der Waals surface area (Å²) in [6, 6.07) is 8.14. The van der Waals surface area contributed by atoms with E-state index in [-0.39, 0.29) is 17.0 Å². The second-order valence-electron chi connectivity index (χ2n) is 7.93. The molecular weight excluding hydrogens is 301 g/mol. The van der Waals surface area contributed by atoms with E-state index in [0.717, 1.165) is 25.7 Å². The Bertz CT molecular complexity index is 542. The van der Waals surface area contributed by atoms with Crippen molar-refractivity contribution >= 4 is 0 Å². The minimum Gasteiger partial charge on any atom is -0.219 e. The van der Waals surface area contributed by atoms with Gasteiger partial charge in [0.05, 0.1) is 0 Å². The predicted molar refractivity (Wildman–Crippen MR) is 84.4 cm³/mol. The van der Waals surface area contributed by atoms with Crippen molar-refractivity contribution in [2.24, 2.45) is 11.3 Å². The molecular formula is C18H25F3N2. The number of hydrogen-bond acceptors (Lipinski definition) is 2. The van der Waals surface area contributed by atoms with Gasteiger partial charge in [-0.05, 0) is 42.6 Å². The molecule has 2 aliphatic rings. The van der Waals surface area contributed by atoms with E-state index in [2.05, 4.69) is 26.2 Å². The Morgan fingerprint density at radius 3 is 2.04 bits per heavy atom. The Labute approximate surface area is 136 Å². The summed E-state index contributed by atoms with van der Waals surface area (Å²) in [5, 5.41) is 1.45. The van der Waals surface area contributed by atoms with E-state index in [1.165, 1.54) is 5.01 Å². The number of hydrogen-bond donors (Lipinski definition) is 1. The van der Waals surface area contributed by atoms with Crippen LogP contribution in [0.25, 0.3) is 0 Å². The Kier molecular flexibility index (Phi) is 4.00. The lowest BCUT2D eigenvalue weighted by atomic mass is 9.71. The topological polar surface area (TPSA) is 25.0 Å². The van der Waals surface area contributed by atoms with Gasteiger partial charge in [-0.15, -0.1) is 0 Å². The molecule has 0 spiro atoms. The summed E-state index contributed by atoms with van der Waals surface area (Å²) in [5.41, 5.74) is 1.19. The molecule has 1 heterocycles. The highest BCUT2D eigenvalue weighted by atomic mass is 19.4. The van der Waals surface area contributed by atoms with E-state index < -0.39 is 11.8 Å². The molecule has 0 radical (unpaired) electrons. The van der Waals surface area contributed by atoms with E-state index in [1.54, 1.807) is 30.3 Å². The van der Waals surface area contributed by atoms with Crippen molar-refractivity contribution in [2.45, 2.75) is 64.3 Å². The Morgan fingerprint density at radius 1 is 1.00 bits per heavy atom. The van der Waals surface area contributed by atoms with E-state index in [9.17, 15) is 13.2 Å². The molecule has 2 nitrogen and oxygen atoms in total. The molecule has 1 saturated heterocycles. The van der Waals surface area contributed by atoms with Crippen molar-refractivity contribution < 1.29 is 13.2 Å². The first kappa shape index (κ1) is 16.8. The number of halogens is 3. The molecule has 1 aromatic rings. The van der Waals surface area contributed by atoms with Gasteiger partial charge in [-0.25, -0.2) is 10.4 Å². The minimum atomic E-state index is -4.32. The molecule has 1 aliphatic carbocycles. The molecule has 0 aromatic heterocycles. The zero-order valence-corrected chi connectivity index (χ0v) is 14.0. The molecule has 0 bridgehead atoms. The lowest BCUT2D eigenvalue weighted by molar-refractivity contribution is -0.178. The van der Waals surface area contributed by atoms with Gasteiger partial charge >= 0.3 is 6.18 Å². The lowest BCUT2D eigenvalue weighted by Crippen LogP contribution is -2.40. The lowest BCUT2D eigenvalue weighted by Gasteiger charge is -2.37. The van der Waals surface area contributed by atoms with Crippen molar-refractivity contribution in [1.29, 1.82) is 0 Å². The van der Waals surface area contributed by atoms with Crippen LogP contribution in [0.15, 0.2) is 30.3 Å². The summed E-state index contributed by atoms with van der Waals surface area (Å²) in [6.45, 7) is 6.66. The smallest absolute Gasteiger partial charge is 0.219 e. The van der Waals surface area contributed by atoms with Gasteiger partial charge in [-0.2, -0.15) is 13.2 Å². The van der Waals surface area contributed by atoms with Gasteiger partial charge < -0.3 is 0 Å². The zero-order chi connectivity index (χ0) is 16.9. The average molecular weight is 326 g/mol. The van der Waals surface area contributed by atoms with Crippen LogP contribution in [0.1, 0.15) is 52.0 Å². The van der Waals surface area contributed by atoms with Crippen molar-refractivity contribution in [1.82, 2.24) is 10.4 Å². The molecule has 2 atom stereocenters. The SMILES string of the molecule is CC(C)(C)C1CCC(N2NC2(c2ccccc2)C(F)(F)F)CC1. The largest absolute Gasteiger partial charge is 0.426 e. The molecule has 2 unspecified atom stereocenters. The zero-order valence-electron chi connectivity index (χ0n) is 14.0. The van der Waals surface area contributed by atoms with Crippen LogP contribution >= 0.6 is 0 Å². The van der Waals surface area contributed by atoms with Crippen molar-refractivity contribution in [3.05, 3.63) is 35.9 Å². The summed E-state index contributed by atoms with van der Waals surface area (Å²) < 4.78 is 41.2. The monoisotopic (exact) mass is 326 g/mol. The van der Waals surface area contributed by atoms with Crippen LogP contribution in [0.5, 0.6) is 0 Å². The van der Waals surface area contributed by atoms with Crippen LogP contribution in [-0.4, -0.2) is 17.2 Å². The third-order valence-corrected chi connectivity index (χ3v) is 5.48. The minimum absolute atomic E-state index is 0.0459. The molecule has 0 amide bonds. The highest BCUT2D eigenvalue weighted by Gasteiger charge is 2.72. The molecule has 5 heteroatoms. The van der Waals surface area contributed by atoms with Crippen molar-refractivity contribution in [3.8, 4) is 0 Å². The fourth-order valence-corrected chi connectivity index (χ4v) is 3.96. The molecule has 23 heavy (non-hydrogen) atoms. The molecule has 1 aliphatic heterocycles. The molecule has 128 valence electrons. The highest BCUT2D eigenvalue weighted by molar-refractivity contribution is 5.31. The van der Waals surface area contributed by atoms with E-state index in [0.29, 0.717) is 5.92 Å². The summed E-state index contributed by atoms with van der Waals surface area (Å²) in [5.74, 6) is 0.593. The third kappa shape index (κ3) is 2.89. The summed E-state index contributed by atoms with van der Waals surface area (Å²) >= 11 is 0. The van der Waals surface area contributed by atoms with Crippen LogP contribution in [-0.2, 0) is 5.66 Å². The first-order chi connectivity index (χ1) is 10.7. The van der Waals surface area contributed by atoms with Gasteiger partial charge in [0.15, 0.2) is 0 Å². The van der Waals surface area contributed by atoms with Crippen molar-refractivity contribution in [2.75, 3.05) is 0 Å². The number of benzene rings is 1. The first-order valence-electron chi connectivity index (χ1n) is 8.35. The standard InChI is InChI=1S/C18H25F3N2/c1-16(2,3)13-9-11-15(12-10-13)23-17(22-23,18(19,20)21)14-7-5-4-6-8-14/h4-8,13,15,22H,9-12H2,1-3H3. The van der Waals surface area contributed by atoms with E-state index in [1.807, 2.05) is 0 Å². The maximum Gasteiger partial charge on any atom is 0.426 e. The second-order valence-corrected chi connectivity index (χ2v) is 7.93. The molecule has 1 saturated carbocycles. The first-order valence-corrected chi connectivity index (χ1v) is 8.35. The van der Waals surface area contributed by atoms with Gasteiger partial charge in [0, 0.05) is 6.04 Å². The van der Waals surface area contributed by atoms with Crippen molar-refractivity contribution in [3.63, 3.8) is 0 Å². The number of nitrogens with one attached hydrogen (secondary N) is 1. The molecule has 3 rings (SSSR count). The van der Waals surface area contributed by atoms with Crippen LogP contribution < -0.4 is 5.43 Å². The third-order valence-electron chi connectivity index (χ3n) is 5.48. The van der Waals surface area contributed by atoms with Crippen LogP contribution in [0.3, 0.4) is 0 Å². The fraction of sp³-hybridized carbons (Fsp3) is 0.667. The Balaban J connectivity index is 1.76. The summed E-state index contributed by atoms with van der Waals surface area (Å²) in [6.07, 6.45) is -0.696. The molecule has 1 aromatic carbocycles. The average Bonchev–Trinajstić information content (AvgIpc) is 3.24. The van der Waals surface area contributed by atoms with Crippen LogP contribution in [0.4, 0.5) is 13.2 Å². The van der Waals surface area contributed by atoms with Crippen LogP contribution in [0.2, 0.25) is 0 Å². The van der Waals surface area contributed by atoms with Crippen LogP contribution in [0, 0.1) is 11.3 Å². The van der Waals surface area contributed by atoms with E-state index in [4.69, 9.17) is 0 Å². The second kappa shape index (κ2) is 5.49. The van der Waals surface area contributed by atoms with Gasteiger partial charge in [0.1, 0.15) is 0 Å². The number of alkyl halides is 3. The Hall–Kier alpha value is -1.07. The predicted octanol–water partition coefficient (Wildman–Crippen LogP) is 4.83. The normalized spacial score (nSPS) is 35.1. The molecule has 1 N–H and O–H groups in total. The number of hydrazine groups is 1. The van der Waals surface area contributed by atoms with Gasteiger partial charge in [-0.3, -0.25) is 0 Å².